The van der Waals surface area contributed by atoms with E-state index in [-0.39, 0.29) is 11.5 Å². The fourth-order valence-electron chi connectivity index (χ4n) is 8.96. The van der Waals surface area contributed by atoms with E-state index in [0.717, 1.165) is 61.8 Å². The van der Waals surface area contributed by atoms with Crippen molar-refractivity contribution in [1.82, 2.24) is 9.78 Å². The average Bonchev–Trinajstić information content (AvgIpc) is 3.36. The molecule has 0 aliphatic heterocycles. The molecule has 0 amide bonds. The number of aliphatic hydroxyl groups excluding tert-OH is 1. The summed E-state index contributed by atoms with van der Waals surface area (Å²) >= 11 is 0. The van der Waals surface area contributed by atoms with Crippen LogP contribution in [0.15, 0.2) is 12.4 Å². The highest BCUT2D eigenvalue weighted by atomic mass is 16.3. The van der Waals surface area contributed by atoms with E-state index in [2.05, 4.69) is 18.1 Å². The molecule has 4 aliphatic rings. The Morgan fingerprint density at radius 2 is 1.94 bits per heavy atom. The number of nitrogens with zero attached hydrogens (tertiary/aromatic N) is 3. The maximum atomic E-state index is 11.2. The van der Waals surface area contributed by atoms with E-state index < -0.39 is 5.60 Å². The van der Waals surface area contributed by atoms with Crippen LogP contribution in [0.25, 0.3) is 0 Å². The van der Waals surface area contributed by atoms with Gasteiger partial charge < -0.3 is 10.2 Å². The van der Waals surface area contributed by atoms with E-state index in [0.29, 0.717) is 11.5 Å². The lowest BCUT2D eigenvalue weighted by Gasteiger charge is -2.57. The maximum Gasteiger partial charge on any atom is 0.102 e. The van der Waals surface area contributed by atoms with Crippen LogP contribution in [0.2, 0.25) is 0 Å². The molecule has 0 bridgehead atoms. The molecule has 5 nitrogen and oxygen atoms in total. The third-order valence-corrected chi connectivity index (χ3v) is 10.4. The van der Waals surface area contributed by atoms with Gasteiger partial charge in [0.1, 0.15) is 6.07 Å². The molecular weight excluding hydrogens is 398 g/mol. The number of nitriles is 1. The van der Waals surface area contributed by atoms with Crippen LogP contribution in [0.5, 0.6) is 0 Å². The molecule has 1 heterocycles. The zero-order valence-corrected chi connectivity index (χ0v) is 19.9. The summed E-state index contributed by atoms with van der Waals surface area (Å²) in [6, 6.07) is 2.13. The van der Waals surface area contributed by atoms with Crippen LogP contribution in [-0.2, 0) is 6.54 Å². The summed E-state index contributed by atoms with van der Waals surface area (Å²) in [4.78, 5) is 0. The third-order valence-electron chi connectivity index (χ3n) is 10.4. The summed E-state index contributed by atoms with van der Waals surface area (Å²) < 4.78 is 1.83. The predicted molar refractivity (Wildman–Crippen MR) is 123 cm³/mol. The summed E-state index contributed by atoms with van der Waals surface area (Å²) in [6.07, 6.45) is 15.8. The molecule has 4 aliphatic carbocycles. The van der Waals surface area contributed by atoms with E-state index in [9.17, 15) is 10.2 Å². The molecule has 5 rings (SSSR count). The molecule has 4 saturated carbocycles. The second-order valence-corrected chi connectivity index (χ2v) is 12.2. The van der Waals surface area contributed by atoms with E-state index >= 15 is 0 Å². The van der Waals surface area contributed by atoms with Gasteiger partial charge in [-0.15, -0.1) is 0 Å². The van der Waals surface area contributed by atoms with Crippen molar-refractivity contribution in [3.05, 3.63) is 18.0 Å². The molecule has 1 aromatic rings. The first-order valence-corrected chi connectivity index (χ1v) is 13.1. The maximum absolute atomic E-state index is 11.2. The smallest absolute Gasteiger partial charge is 0.102 e. The number of rotatable bonds is 5. The van der Waals surface area contributed by atoms with Gasteiger partial charge >= 0.3 is 0 Å². The number of hydrogen-bond acceptors (Lipinski definition) is 4. The number of aromatic nitrogens is 2. The van der Waals surface area contributed by atoms with Crippen molar-refractivity contribution >= 4 is 0 Å². The monoisotopic (exact) mass is 439 g/mol. The normalized spacial score (nSPS) is 44.2. The summed E-state index contributed by atoms with van der Waals surface area (Å²) in [5.74, 6) is 4.45. The number of hydrogen-bond donors (Lipinski definition) is 2. The first kappa shape index (κ1) is 22.4. The second kappa shape index (κ2) is 8.44. The van der Waals surface area contributed by atoms with Gasteiger partial charge in [0.15, 0.2) is 0 Å². The van der Waals surface area contributed by atoms with E-state index in [4.69, 9.17) is 5.26 Å². The van der Waals surface area contributed by atoms with Crippen LogP contribution in [0.4, 0.5) is 0 Å². The quantitative estimate of drug-likeness (QED) is 0.682. The molecule has 1 unspecified atom stereocenters. The van der Waals surface area contributed by atoms with Gasteiger partial charge in [-0.05, 0) is 118 Å². The first-order valence-electron chi connectivity index (χ1n) is 13.1. The lowest BCUT2D eigenvalue weighted by molar-refractivity contribution is -0.108. The fraction of sp³-hybridized carbons (Fsp3) is 0.852. The van der Waals surface area contributed by atoms with Crippen LogP contribution < -0.4 is 0 Å². The molecular formula is C27H41N3O2. The largest absolute Gasteiger partial charge is 0.393 e. The van der Waals surface area contributed by atoms with Crippen molar-refractivity contribution in [2.45, 2.75) is 103 Å². The molecule has 5 heteroatoms. The number of aliphatic hydroxyl groups is 2. The SMILES string of the molecule is C[C@@]1(O)CC[C@H]2[C@H](CC[C@@H]3[C@@H]2CC[C@]2(C)[C@@H](C(O)CCCn4cc(C#N)cn4)CC[C@@H]32)C1. The van der Waals surface area contributed by atoms with E-state index in [1.54, 1.807) is 12.4 Å². The summed E-state index contributed by atoms with van der Waals surface area (Å²) in [5.41, 5.74) is 0.448. The van der Waals surface area contributed by atoms with Crippen molar-refractivity contribution < 1.29 is 10.2 Å². The van der Waals surface area contributed by atoms with Gasteiger partial charge in [-0.2, -0.15) is 10.4 Å². The number of fused-ring (bicyclic) bond motifs is 5. The van der Waals surface area contributed by atoms with Crippen LogP contribution in [0.3, 0.4) is 0 Å². The minimum Gasteiger partial charge on any atom is -0.393 e. The van der Waals surface area contributed by atoms with Crippen LogP contribution >= 0.6 is 0 Å². The van der Waals surface area contributed by atoms with Gasteiger partial charge in [0.2, 0.25) is 0 Å². The first-order chi connectivity index (χ1) is 15.3. The predicted octanol–water partition coefficient (Wildman–Crippen LogP) is 4.92. The summed E-state index contributed by atoms with van der Waals surface area (Å²) in [6.45, 7) is 5.31. The Balaban J connectivity index is 1.20. The summed E-state index contributed by atoms with van der Waals surface area (Å²) in [7, 11) is 0. The molecule has 0 radical (unpaired) electrons. The van der Waals surface area contributed by atoms with Gasteiger partial charge in [0.05, 0.1) is 23.5 Å². The topological polar surface area (TPSA) is 82.1 Å². The van der Waals surface area contributed by atoms with Crippen molar-refractivity contribution in [2.75, 3.05) is 0 Å². The molecule has 4 fully saturated rings. The standard InChI is InChI=1S/C27H41N3O2/c1-26(32)11-9-20-19(14-26)5-6-22-21(20)10-12-27(2)23(22)7-8-24(27)25(31)4-3-13-30-17-18(15-28)16-29-30/h16-17,19-25,31-32H,3-14H2,1-2H3/t19-,20+,21-,22-,23+,24-,25?,26-,27+/m1/s1. The minimum absolute atomic E-state index is 0.228. The second-order valence-electron chi connectivity index (χ2n) is 12.2. The van der Waals surface area contributed by atoms with Crippen molar-refractivity contribution in [1.29, 1.82) is 5.26 Å². The molecule has 176 valence electrons. The molecule has 0 saturated heterocycles. The molecule has 2 N–H and O–H groups in total. The van der Waals surface area contributed by atoms with Crippen molar-refractivity contribution in [3.63, 3.8) is 0 Å². The van der Waals surface area contributed by atoms with Crippen LogP contribution in [0.1, 0.15) is 90.0 Å². The highest BCUT2D eigenvalue weighted by Crippen LogP contribution is 2.65. The van der Waals surface area contributed by atoms with Gasteiger partial charge in [-0.25, -0.2) is 0 Å². The zero-order chi connectivity index (χ0) is 22.5. The van der Waals surface area contributed by atoms with E-state index in [1.807, 2.05) is 11.6 Å². The Kier molecular flexibility index (Phi) is 5.91. The Labute approximate surface area is 193 Å². The summed E-state index contributed by atoms with van der Waals surface area (Å²) in [5, 5.41) is 35.0. The number of aryl methyl sites for hydroxylation is 1. The average molecular weight is 440 g/mol. The van der Waals surface area contributed by atoms with Crippen LogP contribution in [-0.4, -0.2) is 31.7 Å². The molecule has 32 heavy (non-hydrogen) atoms. The minimum atomic E-state index is -0.438. The van der Waals surface area contributed by atoms with Gasteiger partial charge in [0.25, 0.3) is 0 Å². The van der Waals surface area contributed by atoms with Gasteiger partial charge in [-0.3, -0.25) is 4.68 Å². The lowest BCUT2D eigenvalue weighted by Crippen LogP contribution is -2.51. The highest BCUT2D eigenvalue weighted by Gasteiger charge is 2.58. The lowest BCUT2D eigenvalue weighted by atomic mass is 9.49. The zero-order valence-electron chi connectivity index (χ0n) is 19.9. The Bertz CT molecular complexity index is 857. The van der Waals surface area contributed by atoms with Crippen molar-refractivity contribution in [3.8, 4) is 6.07 Å². The third kappa shape index (κ3) is 3.92. The molecule has 1 aromatic heterocycles. The molecule has 9 atom stereocenters. The molecule has 0 spiro atoms. The Hall–Kier alpha value is -1.38. The molecule has 0 aromatic carbocycles. The Morgan fingerprint density at radius 1 is 1.12 bits per heavy atom. The van der Waals surface area contributed by atoms with Gasteiger partial charge in [0, 0.05) is 12.7 Å². The van der Waals surface area contributed by atoms with Crippen molar-refractivity contribution in [2.24, 2.45) is 40.9 Å². The van der Waals surface area contributed by atoms with E-state index in [1.165, 1.54) is 44.9 Å². The fourth-order valence-corrected chi connectivity index (χ4v) is 8.96. The Morgan fingerprint density at radius 3 is 2.72 bits per heavy atom. The van der Waals surface area contributed by atoms with Crippen LogP contribution in [0, 0.1) is 52.3 Å². The highest BCUT2D eigenvalue weighted by molar-refractivity contribution is 5.21. The van der Waals surface area contributed by atoms with Gasteiger partial charge in [-0.1, -0.05) is 6.92 Å².